The van der Waals surface area contributed by atoms with Crippen molar-refractivity contribution in [2.75, 3.05) is 13.2 Å². The Labute approximate surface area is 131 Å². The molecule has 0 aromatic carbocycles. The molecule has 6 heteroatoms. The molecule has 0 aliphatic carbocycles. The summed E-state index contributed by atoms with van der Waals surface area (Å²) in [5, 5.41) is 13.2. The third kappa shape index (κ3) is 4.92. The normalized spacial score (nSPS) is 11.7. The van der Waals surface area contributed by atoms with E-state index in [4.69, 9.17) is 14.7 Å². The Balaban J connectivity index is 3.11. The Morgan fingerprint density at radius 3 is 2.77 bits per heavy atom. The number of aromatic nitrogens is 2. The van der Waals surface area contributed by atoms with Crippen LogP contribution in [-0.2, 0) is 4.74 Å². The summed E-state index contributed by atoms with van der Waals surface area (Å²) in [5.74, 6) is 0.163. The first-order chi connectivity index (χ1) is 10.3. The second-order valence-corrected chi connectivity index (χ2v) is 5.88. The van der Waals surface area contributed by atoms with Crippen molar-refractivity contribution in [3.05, 3.63) is 17.8 Å². The van der Waals surface area contributed by atoms with Crippen molar-refractivity contribution in [1.82, 2.24) is 9.78 Å². The predicted octanol–water partition coefficient (Wildman–Crippen LogP) is 3.12. The summed E-state index contributed by atoms with van der Waals surface area (Å²) in [4.78, 5) is 11.9. The first-order valence-corrected chi connectivity index (χ1v) is 7.28. The number of rotatable bonds is 7. The number of carbonyl (C=O) groups is 1. The van der Waals surface area contributed by atoms with E-state index < -0.39 is 11.4 Å². The fraction of sp³-hybridized carbons (Fsp3) is 0.562. The molecule has 1 heterocycles. The molecule has 1 aromatic rings. The highest BCUT2D eigenvalue weighted by Gasteiger charge is 2.20. The minimum atomic E-state index is -0.634. The molecule has 0 fully saturated rings. The fourth-order valence-electron chi connectivity index (χ4n) is 1.49. The number of nitriles is 1. The van der Waals surface area contributed by atoms with E-state index in [1.54, 1.807) is 33.0 Å². The summed E-state index contributed by atoms with van der Waals surface area (Å²) in [5.41, 5.74) is -0.354. The van der Waals surface area contributed by atoms with Crippen molar-refractivity contribution in [2.45, 2.75) is 34.6 Å². The van der Waals surface area contributed by atoms with Crippen LogP contribution >= 0.6 is 0 Å². The summed E-state index contributed by atoms with van der Waals surface area (Å²) >= 11 is 0. The highest BCUT2D eigenvalue weighted by Crippen LogP contribution is 2.22. The van der Waals surface area contributed by atoms with Gasteiger partial charge in [-0.1, -0.05) is 13.8 Å². The van der Waals surface area contributed by atoms with E-state index in [1.165, 1.54) is 10.9 Å². The van der Waals surface area contributed by atoms with Gasteiger partial charge in [0.1, 0.15) is 5.56 Å². The minimum absolute atomic E-state index is 0.280. The van der Waals surface area contributed by atoms with Crippen LogP contribution in [0.25, 0.3) is 6.20 Å². The Hall–Kier alpha value is -2.29. The molecule has 0 saturated heterocycles. The zero-order valence-electron chi connectivity index (χ0n) is 13.8. The van der Waals surface area contributed by atoms with Crippen molar-refractivity contribution in [2.24, 2.45) is 11.3 Å². The van der Waals surface area contributed by atoms with E-state index in [0.29, 0.717) is 18.4 Å². The molecule has 6 nitrogen and oxygen atoms in total. The van der Waals surface area contributed by atoms with Crippen LogP contribution in [0.4, 0.5) is 0 Å². The highest BCUT2D eigenvalue weighted by molar-refractivity contribution is 5.91. The molecule has 0 spiro atoms. The van der Waals surface area contributed by atoms with Crippen LogP contribution in [0.3, 0.4) is 0 Å². The standard InChI is InChI=1S/C16H23N3O3/c1-6-21-15(20)13-9-18-19(8-7-16(4,5)11-17)14(13)22-10-12(2)3/h7-9,12H,6,10H2,1-5H3. The molecule has 0 radical (unpaired) electrons. The van der Waals surface area contributed by atoms with E-state index in [-0.39, 0.29) is 12.2 Å². The number of hydrogen-bond donors (Lipinski definition) is 0. The molecule has 0 bridgehead atoms. The summed E-state index contributed by atoms with van der Waals surface area (Å²) in [6, 6.07) is 2.17. The van der Waals surface area contributed by atoms with Gasteiger partial charge in [0.2, 0.25) is 5.88 Å². The molecule has 120 valence electrons. The molecule has 0 N–H and O–H groups in total. The van der Waals surface area contributed by atoms with E-state index in [0.717, 1.165) is 0 Å². The van der Waals surface area contributed by atoms with Gasteiger partial charge in [-0.25, -0.2) is 9.48 Å². The van der Waals surface area contributed by atoms with E-state index in [9.17, 15) is 4.79 Å². The lowest BCUT2D eigenvalue weighted by Gasteiger charge is -2.12. The number of esters is 1. The van der Waals surface area contributed by atoms with Crippen molar-refractivity contribution in [3.8, 4) is 11.9 Å². The van der Waals surface area contributed by atoms with Crippen LogP contribution in [0.5, 0.6) is 5.88 Å². The Bertz CT molecular complexity index is 580. The number of hydrogen-bond acceptors (Lipinski definition) is 5. The van der Waals surface area contributed by atoms with Gasteiger partial charge in [-0.15, -0.1) is 0 Å². The van der Waals surface area contributed by atoms with E-state index >= 15 is 0 Å². The van der Waals surface area contributed by atoms with Gasteiger partial charge in [-0.05, 0) is 32.8 Å². The third-order valence-corrected chi connectivity index (χ3v) is 2.72. The summed E-state index contributed by atoms with van der Waals surface area (Å²) in [6.45, 7) is 10.1. The second-order valence-electron chi connectivity index (χ2n) is 5.88. The van der Waals surface area contributed by atoms with Crippen molar-refractivity contribution >= 4 is 12.2 Å². The van der Waals surface area contributed by atoms with E-state index in [2.05, 4.69) is 11.2 Å². The first-order valence-electron chi connectivity index (χ1n) is 7.28. The molecule has 1 rings (SSSR count). The topological polar surface area (TPSA) is 77.1 Å². The number of nitrogens with zero attached hydrogens (tertiary/aromatic N) is 3. The second kappa shape index (κ2) is 7.64. The quantitative estimate of drug-likeness (QED) is 0.723. The fourth-order valence-corrected chi connectivity index (χ4v) is 1.49. The number of allylic oxidation sites excluding steroid dienone is 1. The summed E-state index contributed by atoms with van der Waals surface area (Å²) in [6.07, 6.45) is 4.75. The maximum Gasteiger partial charge on any atom is 0.345 e. The summed E-state index contributed by atoms with van der Waals surface area (Å²) < 4.78 is 12.2. The maximum atomic E-state index is 11.9. The minimum Gasteiger partial charge on any atom is -0.477 e. The van der Waals surface area contributed by atoms with Crippen LogP contribution in [0, 0.1) is 22.7 Å². The van der Waals surface area contributed by atoms with Crippen LogP contribution < -0.4 is 4.74 Å². The van der Waals surface area contributed by atoms with Crippen LogP contribution in [-0.4, -0.2) is 29.0 Å². The molecule has 1 aromatic heterocycles. The zero-order valence-corrected chi connectivity index (χ0v) is 13.8. The van der Waals surface area contributed by atoms with Gasteiger partial charge in [-0.2, -0.15) is 10.4 Å². The van der Waals surface area contributed by atoms with Gasteiger partial charge in [0, 0.05) is 6.20 Å². The average Bonchev–Trinajstić information content (AvgIpc) is 2.86. The van der Waals surface area contributed by atoms with E-state index in [1.807, 2.05) is 13.8 Å². The Morgan fingerprint density at radius 2 is 2.23 bits per heavy atom. The number of carbonyl (C=O) groups excluding carboxylic acids is 1. The molecule has 0 unspecified atom stereocenters. The third-order valence-electron chi connectivity index (χ3n) is 2.72. The monoisotopic (exact) mass is 305 g/mol. The molecule has 0 amide bonds. The predicted molar refractivity (Wildman–Crippen MR) is 83.2 cm³/mol. The first kappa shape index (κ1) is 17.8. The number of ether oxygens (including phenoxy) is 2. The highest BCUT2D eigenvalue weighted by atomic mass is 16.5. The smallest absolute Gasteiger partial charge is 0.345 e. The lowest BCUT2D eigenvalue weighted by atomic mass is 9.96. The molecule has 0 saturated carbocycles. The van der Waals surface area contributed by atoms with Gasteiger partial charge >= 0.3 is 5.97 Å². The molecular weight excluding hydrogens is 282 g/mol. The molecular formula is C16H23N3O3. The average molecular weight is 305 g/mol. The van der Waals surface area contributed by atoms with Crippen molar-refractivity contribution in [1.29, 1.82) is 5.26 Å². The van der Waals surface area contributed by atoms with Crippen LogP contribution in [0.1, 0.15) is 45.0 Å². The molecule has 22 heavy (non-hydrogen) atoms. The van der Waals surface area contributed by atoms with Crippen LogP contribution in [0.15, 0.2) is 12.3 Å². The Morgan fingerprint density at radius 1 is 1.55 bits per heavy atom. The van der Waals surface area contributed by atoms with Gasteiger partial charge in [0.15, 0.2) is 0 Å². The Kier molecular flexibility index (Phi) is 6.17. The molecule has 0 atom stereocenters. The van der Waals surface area contributed by atoms with Gasteiger partial charge in [0.05, 0.1) is 30.9 Å². The SMILES string of the molecule is CCOC(=O)c1cnn(C=CC(C)(C)C#N)c1OCC(C)C. The zero-order chi connectivity index (χ0) is 16.8. The molecule has 0 aliphatic rings. The van der Waals surface area contributed by atoms with Crippen molar-refractivity contribution in [3.63, 3.8) is 0 Å². The van der Waals surface area contributed by atoms with Gasteiger partial charge < -0.3 is 9.47 Å². The van der Waals surface area contributed by atoms with Gasteiger partial charge in [0.25, 0.3) is 0 Å². The van der Waals surface area contributed by atoms with Crippen LogP contribution in [0.2, 0.25) is 0 Å². The summed E-state index contributed by atoms with van der Waals surface area (Å²) in [7, 11) is 0. The largest absolute Gasteiger partial charge is 0.477 e. The lowest BCUT2D eigenvalue weighted by molar-refractivity contribution is 0.0520. The lowest BCUT2D eigenvalue weighted by Crippen LogP contribution is -2.12. The molecule has 0 aliphatic heterocycles. The van der Waals surface area contributed by atoms with Gasteiger partial charge in [-0.3, -0.25) is 0 Å². The van der Waals surface area contributed by atoms with Crippen molar-refractivity contribution < 1.29 is 14.3 Å². The maximum absolute atomic E-state index is 11.9.